The van der Waals surface area contributed by atoms with Crippen molar-refractivity contribution in [2.24, 2.45) is 0 Å². The number of carbonyl (C=O) groups excluding carboxylic acids is 1. The molecule has 130 valence electrons. The van der Waals surface area contributed by atoms with Crippen molar-refractivity contribution >= 4 is 80.8 Å². The van der Waals surface area contributed by atoms with Crippen LogP contribution < -0.4 is 5.43 Å². The van der Waals surface area contributed by atoms with Crippen molar-refractivity contribution in [3.63, 3.8) is 0 Å². The van der Waals surface area contributed by atoms with Gasteiger partial charge in [-0.1, -0.05) is 58.7 Å². The highest BCUT2D eigenvalue weighted by atomic mass is 35.5. The first-order chi connectivity index (χ1) is 12.4. The average molecular weight is 441 g/mol. The molecule has 1 heterocycles. The minimum Gasteiger partial charge on any atom is -0.287 e. The molecule has 0 aromatic heterocycles. The quantitative estimate of drug-likeness (QED) is 0.487. The number of hydrazine groups is 1. The van der Waals surface area contributed by atoms with Gasteiger partial charge in [-0.25, -0.2) is 5.01 Å². The number of carbonyl (C=O) groups is 1. The summed E-state index contributed by atoms with van der Waals surface area (Å²) in [6.45, 7) is 0. The van der Waals surface area contributed by atoms with Gasteiger partial charge in [-0.2, -0.15) is 5.26 Å². The van der Waals surface area contributed by atoms with E-state index in [0.29, 0.717) is 25.5 Å². The van der Waals surface area contributed by atoms with Gasteiger partial charge in [0.15, 0.2) is 4.32 Å². The topological polar surface area (TPSA) is 56.1 Å². The Bertz CT molecular complexity index is 961. The molecule has 1 amide bonds. The molecule has 0 bridgehead atoms. The Kier molecular flexibility index (Phi) is 5.76. The molecule has 1 aliphatic heterocycles. The number of halogens is 3. The second kappa shape index (κ2) is 7.87. The van der Waals surface area contributed by atoms with Crippen LogP contribution in [0.1, 0.15) is 11.1 Å². The summed E-state index contributed by atoms with van der Waals surface area (Å²) < 4.78 is 0.317. The highest BCUT2D eigenvalue weighted by molar-refractivity contribution is 8.26. The van der Waals surface area contributed by atoms with Crippen molar-refractivity contribution in [3.05, 3.63) is 67.5 Å². The maximum atomic E-state index is 12.7. The first kappa shape index (κ1) is 19.0. The largest absolute Gasteiger partial charge is 0.287 e. The minimum atomic E-state index is -0.327. The molecule has 1 N–H and O–H groups in total. The molecular formula is C17H8Cl3N3OS2. The van der Waals surface area contributed by atoms with Gasteiger partial charge in [-0.3, -0.25) is 10.2 Å². The molecular weight excluding hydrogens is 433 g/mol. The number of anilines is 1. The number of thioether (sulfide) groups is 1. The van der Waals surface area contributed by atoms with Crippen LogP contribution in [0.5, 0.6) is 0 Å². The lowest BCUT2D eigenvalue weighted by molar-refractivity contribution is -0.121. The van der Waals surface area contributed by atoms with Crippen LogP contribution in [0.3, 0.4) is 0 Å². The van der Waals surface area contributed by atoms with Crippen LogP contribution in [-0.4, -0.2) is 15.2 Å². The van der Waals surface area contributed by atoms with Gasteiger partial charge in [0.1, 0.15) is 0 Å². The van der Waals surface area contributed by atoms with Crippen LogP contribution in [0, 0.1) is 11.3 Å². The summed E-state index contributed by atoms with van der Waals surface area (Å²) in [5, 5.41) is 11.0. The van der Waals surface area contributed by atoms with Gasteiger partial charge in [0.25, 0.3) is 5.91 Å². The Hall–Kier alpha value is -1.75. The maximum absolute atomic E-state index is 12.7. The molecule has 0 saturated carbocycles. The SMILES string of the molecule is N#Cc1ccc(/C=C2/SC(=S)N(Nc3c(Cl)cc(Cl)cc3Cl)C2=O)cc1. The zero-order valence-electron chi connectivity index (χ0n) is 12.8. The van der Waals surface area contributed by atoms with E-state index in [2.05, 4.69) is 5.43 Å². The summed E-state index contributed by atoms with van der Waals surface area (Å²) in [5.41, 5.74) is 4.52. The van der Waals surface area contributed by atoms with Gasteiger partial charge in [0, 0.05) is 5.02 Å². The fourth-order valence-corrected chi connectivity index (χ4v) is 4.21. The van der Waals surface area contributed by atoms with E-state index in [4.69, 9.17) is 52.3 Å². The van der Waals surface area contributed by atoms with Gasteiger partial charge in [-0.05, 0) is 48.1 Å². The number of hydrogen-bond acceptors (Lipinski definition) is 5. The monoisotopic (exact) mass is 439 g/mol. The van der Waals surface area contributed by atoms with E-state index in [9.17, 15) is 4.79 Å². The summed E-state index contributed by atoms with van der Waals surface area (Å²) in [7, 11) is 0. The van der Waals surface area contributed by atoms with Gasteiger partial charge in [0.2, 0.25) is 0 Å². The van der Waals surface area contributed by atoms with Crippen LogP contribution in [0.4, 0.5) is 5.69 Å². The first-order valence-corrected chi connectivity index (χ1v) is 9.44. The van der Waals surface area contributed by atoms with Crippen molar-refractivity contribution in [2.45, 2.75) is 0 Å². The number of nitrogens with one attached hydrogen (secondary N) is 1. The van der Waals surface area contributed by atoms with E-state index in [-0.39, 0.29) is 16.0 Å². The van der Waals surface area contributed by atoms with E-state index < -0.39 is 0 Å². The second-order valence-corrected chi connectivity index (χ2v) is 8.03. The standard InChI is InChI=1S/C17H8Cl3N3OS2/c18-11-6-12(19)15(13(20)7-11)22-23-16(24)14(26-17(23)25)5-9-1-3-10(8-21)4-2-9/h1-7,22H/b14-5+. The predicted octanol–water partition coefficient (Wildman–Crippen LogP) is 5.75. The van der Waals surface area contributed by atoms with Crippen molar-refractivity contribution in [1.82, 2.24) is 5.01 Å². The van der Waals surface area contributed by atoms with Crippen LogP contribution in [-0.2, 0) is 4.79 Å². The lowest BCUT2D eigenvalue weighted by Crippen LogP contribution is -2.34. The Morgan fingerprint density at radius 1 is 1.15 bits per heavy atom. The summed E-state index contributed by atoms with van der Waals surface area (Å²) in [6.07, 6.45) is 1.70. The average Bonchev–Trinajstić information content (AvgIpc) is 2.85. The molecule has 0 spiro atoms. The molecule has 0 radical (unpaired) electrons. The molecule has 1 aliphatic rings. The summed E-state index contributed by atoms with van der Waals surface area (Å²) >= 11 is 24.6. The summed E-state index contributed by atoms with van der Waals surface area (Å²) in [6, 6.07) is 11.9. The normalized spacial score (nSPS) is 15.5. The molecule has 0 unspecified atom stereocenters. The number of thiocarbonyl (C=S) groups is 1. The predicted molar refractivity (Wildman–Crippen MR) is 111 cm³/mol. The molecule has 1 fully saturated rings. The zero-order valence-corrected chi connectivity index (χ0v) is 16.7. The number of benzene rings is 2. The van der Waals surface area contributed by atoms with Gasteiger partial charge >= 0.3 is 0 Å². The van der Waals surface area contributed by atoms with Crippen molar-refractivity contribution in [2.75, 3.05) is 5.43 Å². The number of amides is 1. The van der Waals surface area contributed by atoms with Crippen molar-refractivity contribution in [3.8, 4) is 6.07 Å². The van der Waals surface area contributed by atoms with E-state index in [1.54, 1.807) is 30.3 Å². The molecule has 26 heavy (non-hydrogen) atoms. The first-order valence-electron chi connectivity index (χ1n) is 7.08. The molecule has 1 saturated heterocycles. The Labute approximate surface area is 174 Å². The van der Waals surface area contributed by atoms with Gasteiger partial charge in [0.05, 0.1) is 32.3 Å². The van der Waals surface area contributed by atoms with E-state index in [1.165, 1.54) is 17.1 Å². The highest BCUT2D eigenvalue weighted by Gasteiger charge is 2.33. The maximum Gasteiger partial charge on any atom is 0.285 e. The van der Waals surface area contributed by atoms with Crippen LogP contribution in [0.25, 0.3) is 6.08 Å². The van der Waals surface area contributed by atoms with E-state index in [0.717, 1.165) is 17.3 Å². The van der Waals surface area contributed by atoms with Crippen LogP contribution in [0.15, 0.2) is 41.3 Å². The van der Waals surface area contributed by atoms with E-state index in [1.807, 2.05) is 6.07 Å². The third-order valence-electron chi connectivity index (χ3n) is 3.36. The second-order valence-electron chi connectivity index (χ2n) is 5.11. The molecule has 9 heteroatoms. The smallest absolute Gasteiger partial charge is 0.285 e. The molecule has 0 atom stereocenters. The number of nitrogens with zero attached hydrogens (tertiary/aromatic N) is 2. The Balaban J connectivity index is 1.85. The molecule has 4 nitrogen and oxygen atoms in total. The summed E-state index contributed by atoms with van der Waals surface area (Å²) in [4.78, 5) is 13.1. The third-order valence-corrected chi connectivity index (χ3v) is 5.48. The summed E-state index contributed by atoms with van der Waals surface area (Å²) in [5.74, 6) is -0.327. The third kappa shape index (κ3) is 3.98. The fourth-order valence-electron chi connectivity index (χ4n) is 2.13. The fraction of sp³-hybridized carbons (Fsp3) is 0. The van der Waals surface area contributed by atoms with Crippen LogP contribution >= 0.6 is 58.8 Å². The number of hydrogen-bond donors (Lipinski definition) is 1. The van der Waals surface area contributed by atoms with Crippen LogP contribution in [0.2, 0.25) is 15.1 Å². The number of nitriles is 1. The minimum absolute atomic E-state index is 0.271. The molecule has 0 aliphatic carbocycles. The number of rotatable bonds is 3. The van der Waals surface area contributed by atoms with E-state index >= 15 is 0 Å². The van der Waals surface area contributed by atoms with Gasteiger partial charge in [-0.15, -0.1) is 0 Å². The molecule has 2 aromatic carbocycles. The Morgan fingerprint density at radius 2 is 1.77 bits per heavy atom. The lowest BCUT2D eigenvalue weighted by Gasteiger charge is -2.19. The molecule has 3 rings (SSSR count). The van der Waals surface area contributed by atoms with Gasteiger partial charge < -0.3 is 0 Å². The zero-order chi connectivity index (χ0) is 18.8. The molecule has 2 aromatic rings. The lowest BCUT2D eigenvalue weighted by atomic mass is 10.1. The van der Waals surface area contributed by atoms with Crippen molar-refractivity contribution in [1.29, 1.82) is 5.26 Å². The Morgan fingerprint density at radius 3 is 2.35 bits per heavy atom. The van der Waals surface area contributed by atoms with Crippen molar-refractivity contribution < 1.29 is 4.79 Å². The highest BCUT2D eigenvalue weighted by Crippen LogP contribution is 2.37.